The molecule has 0 saturated carbocycles. The number of hydrogen-bond acceptors (Lipinski definition) is 4. The minimum atomic E-state index is -1.09. The molecule has 1 aliphatic rings. The summed E-state index contributed by atoms with van der Waals surface area (Å²) in [6.07, 6.45) is 5.52. The second kappa shape index (κ2) is 8.47. The zero-order chi connectivity index (χ0) is 22.9. The third-order valence-corrected chi connectivity index (χ3v) is 6.35. The second-order valence-corrected chi connectivity index (χ2v) is 8.41. The predicted molar refractivity (Wildman–Crippen MR) is 125 cm³/mol. The smallest absolute Gasteiger partial charge is 0.291 e. The summed E-state index contributed by atoms with van der Waals surface area (Å²) in [4.78, 5) is 48.4. The Balaban J connectivity index is 1.51. The number of carbonyl (C=O) groups excluding carboxylic acids is 3. The van der Waals surface area contributed by atoms with Crippen molar-refractivity contribution in [3.8, 4) is 0 Å². The summed E-state index contributed by atoms with van der Waals surface area (Å²) in [5.41, 5.74) is 4.27. The molecule has 164 valence electrons. The molecule has 0 aliphatic carbocycles. The van der Waals surface area contributed by atoms with Crippen molar-refractivity contribution in [2.45, 2.75) is 19.4 Å². The number of ketones is 2. The summed E-state index contributed by atoms with van der Waals surface area (Å²) < 4.78 is 0. The number of rotatable bonds is 6. The molecule has 2 atom stereocenters. The van der Waals surface area contributed by atoms with Crippen molar-refractivity contribution in [2.75, 3.05) is 6.54 Å². The molecule has 1 fully saturated rings. The van der Waals surface area contributed by atoms with E-state index in [9.17, 15) is 14.4 Å². The van der Waals surface area contributed by atoms with E-state index >= 15 is 0 Å². The molecular weight excluding hydrogens is 414 g/mol. The Hall–Kier alpha value is -4.06. The zero-order valence-electron chi connectivity index (χ0n) is 18.2. The maximum Gasteiger partial charge on any atom is 0.291 e. The van der Waals surface area contributed by atoms with E-state index in [0.29, 0.717) is 18.5 Å². The fourth-order valence-electron chi connectivity index (χ4n) is 4.63. The number of hydrogen-bond donors (Lipinski definition) is 1. The lowest BCUT2D eigenvalue weighted by atomic mass is 9.86. The quantitative estimate of drug-likeness (QED) is 0.280. The van der Waals surface area contributed by atoms with Gasteiger partial charge in [-0.15, -0.1) is 0 Å². The van der Waals surface area contributed by atoms with Gasteiger partial charge < -0.3 is 9.88 Å². The van der Waals surface area contributed by atoms with E-state index in [1.165, 1.54) is 6.20 Å². The predicted octanol–water partition coefficient (Wildman–Crippen LogP) is 4.07. The Morgan fingerprint density at radius 2 is 1.82 bits per heavy atom. The number of aryl methyl sites for hydroxylation is 1. The molecule has 6 heteroatoms. The number of nitrogens with one attached hydrogen (secondary N) is 1. The van der Waals surface area contributed by atoms with Crippen molar-refractivity contribution >= 4 is 28.4 Å². The van der Waals surface area contributed by atoms with Crippen LogP contribution >= 0.6 is 0 Å². The summed E-state index contributed by atoms with van der Waals surface area (Å²) in [5.74, 6) is -2.73. The summed E-state index contributed by atoms with van der Waals surface area (Å²) in [5, 5.41) is 1.09. The van der Waals surface area contributed by atoms with Gasteiger partial charge >= 0.3 is 0 Å². The normalized spacial score (nSPS) is 18.3. The summed E-state index contributed by atoms with van der Waals surface area (Å²) in [7, 11) is 0. The van der Waals surface area contributed by atoms with E-state index in [0.717, 1.165) is 27.6 Å². The Kier molecular flexibility index (Phi) is 5.34. The van der Waals surface area contributed by atoms with Gasteiger partial charge in [-0.05, 0) is 42.7 Å². The van der Waals surface area contributed by atoms with Gasteiger partial charge in [-0.1, -0.05) is 48.0 Å². The molecule has 1 N–H and O–H groups in total. The van der Waals surface area contributed by atoms with Crippen molar-refractivity contribution in [3.63, 3.8) is 0 Å². The van der Waals surface area contributed by atoms with Gasteiger partial charge in [-0.2, -0.15) is 0 Å². The number of fused-ring (bicyclic) bond motifs is 1. The first kappa shape index (κ1) is 20.8. The number of nitrogens with zero attached hydrogens (tertiary/aromatic N) is 2. The first-order chi connectivity index (χ1) is 16.0. The van der Waals surface area contributed by atoms with Crippen LogP contribution in [0.3, 0.4) is 0 Å². The van der Waals surface area contributed by atoms with Crippen LogP contribution in [0.4, 0.5) is 0 Å². The van der Waals surface area contributed by atoms with Crippen molar-refractivity contribution in [2.24, 2.45) is 5.92 Å². The molecular formula is C27H23N3O3. The number of carbonyl (C=O) groups is 3. The van der Waals surface area contributed by atoms with Gasteiger partial charge in [0.05, 0.1) is 6.04 Å². The van der Waals surface area contributed by atoms with E-state index < -0.39 is 23.7 Å². The fourth-order valence-corrected chi connectivity index (χ4v) is 4.63. The van der Waals surface area contributed by atoms with E-state index in [4.69, 9.17) is 0 Å². The molecule has 4 aromatic rings. The van der Waals surface area contributed by atoms with Gasteiger partial charge in [0.15, 0.2) is 5.78 Å². The van der Waals surface area contributed by atoms with Crippen LogP contribution in [0.15, 0.2) is 79.3 Å². The number of pyridine rings is 1. The number of aromatic amines is 1. The monoisotopic (exact) mass is 437 g/mol. The number of aromatic nitrogens is 2. The van der Waals surface area contributed by atoms with E-state index in [-0.39, 0.29) is 5.78 Å². The largest absolute Gasteiger partial charge is 0.361 e. The molecule has 1 aliphatic heterocycles. The Bertz CT molecular complexity index is 1340. The van der Waals surface area contributed by atoms with Gasteiger partial charge in [0.1, 0.15) is 5.92 Å². The molecule has 0 radical (unpaired) electrons. The maximum absolute atomic E-state index is 13.4. The average Bonchev–Trinajstić information content (AvgIpc) is 3.37. The molecule has 1 amide bonds. The van der Waals surface area contributed by atoms with Crippen molar-refractivity contribution in [1.29, 1.82) is 0 Å². The Morgan fingerprint density at radius 1 is 1.03 bits per heavy atom. The first-order valence-electron chi connectivity index (χ1n) is 10.9. The molecule has 0 spiro atoms. The highest BCUT2D eigenvalue weighted by Gasteiger charge is 2.51. The molecule has 0 bridgehead atoms. The zero-order valence-corrected chi connectivity index (χ0v) is 18.2. The average molecular weight is 437 g/mol. The SMILES string of the molecule is Cc1ccc(C2C(C(=O)c3cccnc3)C(=O)C(=O)N2CCc2c[nH]c3ccccc23)cc1. The lowest BCUT2D eigenvalue weighted by Gasteiger charge is -2.27. The van der Waals surface area contributed by atoms with Crippen LogP contribution in [0.2, 0.25) is 0 Å². The molecule has 5 rings (SSSR count). The minimum Gasteiger partial charge on any atom is -0.361 e. The van der Waals surface area contributed by atoms with Crippen molar-refractivity contribution in [1.82, 2.24) is 14.9 Å². The highest BCUT2D eigenvalue weighted by atomic mass is 16.2. The van der Waals surface area contributed by atoms with Crippen LogP contribution in [0.1, 0.15) is 33.1 Å². The van der Waals surface area contributed by atoms with Crippen LogP contribution in [-0.2, 0) is 16.0 Å². The third-order valence-electron chi connectivity index (χ3n) is 6.35. The van der Waals surface area contributed by atoms with Gasteiger partial charge in [0.25, 0.3) is 5.91 Å². The van der Waals surface area contributed by atoms with Crippen LogP contribution in [-0.4, -0.2) is 38.9 Å². The standard InChI is InChI=1S/C27H23N3O3/c1-17-8-10-18(11-9-17)24-23(25(31)20-5-4-13-28-15-20)26(32)27(33)30(24)14-12-19-16-29-22-7-3-2-6-21(19)22/h2-11,13,15-16,23-24,29H,12,14H2,1H3. The third kappa shape index (κ3) is 3.74. The maximum atomic E-state index is 13.4. The highest BCUT2D eigenvalue weighted by molar-refractivity contribution is 6.44. The van der Waals surface area contributed by atoms with Gasteiger partial charge in [0, 0.05) is 41.6 Å². The molecule has 6 nitrogen and oxygen atoms in total. The lowest BCUT2D eigenvalue weighted by molar-refractivity contribution is -0.140. The van der Waals surface area contributed by atoms with Crippen molar-refractivity contribution in [3.05, 3.63) is 102 Å². The Morgan fingerprint density at radius 3 is 2.58 bits per heavy atom. The van der Waals surface area contributed by atoms with Gasteiger partial charge in [-0.3, -0.25) is 19.4 Å². The van der Waals surface area contributed by atoms with Crippen LogP contribution < -0.4 is 0 Å². The highest BCUT2D eigenvalue weighted by Crippen LogP contribution is 2.38. The number of amides is 1. The van der Waals surface area contributed by atoms with E-state index in [1.54, 1.807) is 23.2 Å². The second-order valence-electron chi connectivity index (χ2n) is 8.41. The number of Topliss-reactive ketones (excluding diaryl/α,β-unsaturated/α-hetero) is 2. The van der Waals surface area contributed by atoms with Crippen LogP contribution in [0.5, 0.6) is 0 Å². The first-order valence-corrected chi connectivity index (χ1v) is 10.9. The van der Waals surface area contributed by atoms with Crippen molar-refractivity contribution < 1.29 is 14.4 Å². The molecule has 3 heterocycles. The number of para-hydroxylation sites is 1. The molecule has 2 unspecified atom stereocenters. The number of H-pyrrole nitrogens is 1. The Labute approximate surface area is 191 Å². The minimum absolute atomic E-state index is 0.333. The lowest BCUT2D eigenvalue weighted by Crippen LogP contribution is -2.32. The molecule has 2 aromatic heterocycles. The summed E-state index contributed by atoms with van der Waals surface area (Å²) in [6.45, 7) is 2.31. The number of likely N-dealkylation sites (tertiary alicyclic amines) is 1. The van der Waals surface area contributed by atoms with E-state index in [1.807, 2.05) is 61.7 Å². The van der Waals surface area contributed by atoms with Gasteiger partial charge in [-0.25, -0.2) is 0 Å². The number of benzene rings is 2. The summed E-state index contributed by atoms with van der Waals surface area (Å²) >= 11 is 0. The molecule has 1 saturated heterocycles. The fraction of sp³-hybridized carbons (Fsp3) is 0.185. The van der Waals surface area contributed by atoms with Gasteiger partial charge in [0.2, 0.25) is 5.78 Å². The van der Waals surface area contributed by atoms with Crippen LogP contribution in [0.25, 0.3) is 10.9 Å². The van der Waals surface area contributed by atoms with Crippen LogP contribution in [0, 0.1) is 12.8 Å². The molecule has 33 heavy (non-hydrogen) atoms. The molecule has 2 aromatic carbocycles. The topological polar surface area (TPSA) is 83.1 Å². The summed E-state index contributed by atoms with van der Waals surface area (Å²) in [6, 6.07) is 18.3. The van der Waals surface area contributed by atoms with E-state index in [2.05, 4.69) is 9.97 Å².